The predicted molar refractivity (Wildman–Crippen MR) is 84.6 cm³/mol. The fourth-order valence-electron chi connectivity index (χ4n) is 1.58. The number of nitrogens with one attached hydrogen (secondary N) is 2. The molecule has 0 aliphatic rings. The number of amides is 1. The van der Waals surface area contributed by atoms with Crippen LogP contribution in [0.3, 0.4) is 0 Å². The first kappa shape index (κ1) is 18.2. The van der Waals surface area contributed by atoms with Crippen LogP contribution in [0.2, 0.25) is 0 Å². The lowest BCUT2D eigenvalue weighted by Crippen LogP contribution is -2.39. The zero-order valence-corrected chi connectivity index (χ0v) is 13.6. The Morgan fingerprint density at radius 2 is 2.05 bits per heavy atom. The van der Waals surface area contributed by atoms with Gasteiger partial charge in [-0.25, -0.2) is 8.42 Å². The highest BCUT2D eigenvalue weighted by atomic mass is 32.2. The number of carbonyl (C=O) groups excluding carboxylic acids is 1. The molecule has 1 aromatic carbocycles. The molecule has 0 aromatic heterocycles. The first-order valence-corrected chi connectivity index (χ1v) is 8.22. The average molecular weight is 331 g/mol. The van der Waals surface area contributed by atoms with Crippen LogP contribution in [0.4, 0.5) is 11.4 Å². The van der Waals surface area contributed by atoms with E-state index < -0.39 is 22.0 Å². The normalized spacial score (nSPS) is 12.5. The van der Waals surface area contributed by atoms with Crippen molar-refractivity contribution in [2.75, 3.05) is 36.6 Å². The van der Waals surface area contributed by atoms with E-state index in [2.05, 4.69) is 10.0 Å². The average Bonchev–Trinajstić information content (AvgIpc) is 2.48. The highest BCUT2D eigenvalue weighted by Gasteiger charge is 2.15. The molecule has 0 saturated carbocycles. The van der Waals surface area contributed by atoms with Gasteiger partial charge in [-0.2, -0.15) is 0 Å². The van der Waals surface area contributed by atoms with Crippen LogP contribution in [0, 0.1) is 0 Å². The van der Waals surface area contributed by atoms with Gasteiger partial charge in [0.05, 0.1) is 25.2 Å². The molecule has 9 heteroatoms. The van der Waals surface area contributed by atoms with Gasteiger partial charge in [0.1, 0.15) is 11.8 Å². The monoisotopic (exact) mass is 331 g/mol. The number of anilines is 2. The number of ether oxygens (including phenoxy) is 2. The number of hydrogen-bond donors (Lipinski definition) is 3. The van der Waals surface area contributed by atoms with Gasteiger partial charge in [0, 0.05) is 18.9 Å². The largest absolute Gasteiger partial charge is 0.494 e. The number of carbonyl (C=O) groups is 1. The van der Waals surface area contributed by atoms with Crippen molar-refractivity contribution in [3.05, 3.63) is 18.2 Å². The third-order valence-corrected chi connectivity index (χ3v) is 4.09. The molecule has 0 saturated heterocycles. The quantitative estimate of drug-likeness (QED) is 0.633. The number of rotatable bonds is 8. The summed E-state index contributed by atoms with van der Waals surface area (Å²) in [5, 5.41) is 2.60. The minimum absolute atomic E-state index is 0.0550. The van der Waals surface area contributed by atoms with Crippen molar-refractivity contribution >= 4 is 27.3 Å². The van der Waals surface area contributed by atoms with Crippen molar-refractivity contribution in [3.8, 4) is 5.75 Å². The summed E-state index contributed by atoms with van der Waals surface area (Å²) in [6.45, 7) is 1.62. The van der Waals surface area contributed by atoms with Gasteiger partial charge in [0.25, 0.3) is 0 Å². The van der Waals surface area contributed by atoms with Gasteiger partial charge >= 0.3 is 0 Å². The van der Waals surface area contributed by atoms with E-state index in [-0.39, 0.29) is 18.1 Å². The standard InChI is InChI=1S/C13H21N3O5S/c1-4-22(18,19)16-11-6-5-9(7-12(11)21-3)15-13(17)10(14)8-20-2/h5-7,10,16H,4,8,14H2,1-3H3,(H,15,17). The Balaban J connectivity index is 2.91. The zero-order valence-electron chi connectivity index (χ0n) is 12.8. The van der Waals surface area contributed by atoms with E-state index in [0.717, 1.165) is 0 Å². The van der Waals surface area contributed by atoms with Crippen molar-refractivity contribution < 1.29 is 22.7 Å². The van der Waals surface area contributed by atoms with E-state index >= 15 is 0 Å². The van der Waals surface area contributed by atoms with E-state index in [0.29, 0.717) is 11.4 Å². The lowest BCUT2D eigenvalue weighted by atomic mass is 10.2. The lowest BCUT2D eigenvalue weighted by Gasteiger charge is -2.14. The summed E-state index contributed by atoms with van der Waals surface area (Å²) < 4.78 is 35.5. The van der Waals surface area contributed by atoms with Gasteiger partial charge in [0.2, 0.25) is 15.9 Å². The van der Waals surface area contributed by atoms with Crippen LogP contribution >= 0.6 is 0 Å². The molecule has 0 radical (unpaired) electrons. The molecule has 4 N–H and O–H groups in total. The first-order valence-electron chi connectivity index (χ1n) is 6.56. The second-order valence-electron chi connectivity index (χ2n) is 4.47. The van der Waals surface area contributed by atoms with Crippen molar-refractivity contribution in [3.63, 3.8) is 0 Å². The van der Waals surface area contributed by atoms with Crippen LogP contribution < -0.4 is 20.5 Å². The maximum atomic E-state index is 11.8. The Kier molecular flexibility index (Phi) is 6.60. The molecular formula is C13H21N3O5S. The first-order chi connectivity index (χ1) is 10.3. The molecule has 124 valence electrons. The molecule has 1 amide bonds. The van der Waals surface area contributed by atoms with Gasteiger partial charge in [-0.05, 0) is 19.1 Å². The molecule has 1 atom stereocenters. The predicted octanol–water partition coefficient (Wildman–Crippen LogP) is 0.369. The summed E-state index contributed by atoms with van der Waals surface area (Å²) in [5.41, 5.74) is 6.35. The van der Waals surface area contributed by atoms with Crippen LogP contribution in [0.15, 0.2) is 18.2 Å². The summed E-state index contributed by atoms with van der Waals surface area (Å²) in [7, 11) is -0.562. The number of sulfonamides is 1. The Morgan fingerprint density at radius 1 is 1.36 bits per heavy atom. The van der Waals surface area contributed by atoms with E-state index in [1.165, 1.54) is 33.3 Å². The molecule has 1 rings (SSSR count). The molecule has 0 aliphatic heterocycles. The fourth-order valence-corrected chi connectivity index (χ4v) is 2.23. The van der Waals surface area contributed by atoms with Crippen molar-refractivity contribution in [2.45, 2.75) is 13.0 Å². The number of nitrogens with two attached hydrogens (primary N) is 1. The van der Waals surface area contributed by atoms with Crippen molar-refractivity contribution in [2.24, 2.45) is 5.73 Å². The third-order valence-electron chi connectivity index (χ3n) is 2.80. The van der Waals surface area contributed by atoms with Gasteiger partial charge in [0.15, 0.2) is 0 Å². The van der Waals surface area contributed by atoms with Crippen LogP contribution in [0.25, 0.3) is 0 Å². The minimum Gasteiger partial charge on any atom is -0.494 e. The lowest BCUT2D eigenvalue weighted by molar-refractivity contribution is -0.118. The third kappa shape index (κ3) is 5.17. The smallest absolute Gasteiger partial charge is 0.243 e. The number of methoxy groups -OCH3 is 2. The Bertz CT molecular complexity index is 618. The van der Waals surface area contributed by atoms with E-state index in [1.54, 1.807) is 6.07 Å². The zero-order chi connectivity index (χ0) is 16.8. The SMILES string of the molecule is CCS(=O)(=O)Nc1ccc(NC(=O)C(N)COC)cc1OC. The molecular weight excluding hydrogens is 310 g/mol. The summed E-state index contributed by atoms with van der Waals surface area (Å²) >= 11 is 0. The summed E-state index contributed by atoms with van der Waals surface area (Å²) in [6, 6.07) is 3.76. The Labute approximate surface area is 130 Å². The molecule has 1 unspecified atom stereocenters. The highest BCUT2D eigenvalue weighted by molar-refractivity contribution is 7.92. The molecule has 0 spiro atoms. The molecule has 0 aliphatic carbocycles. The number of hydrogen-bond acceptors (Lipinski definition) is 6. The van der Waals surface area contributed by atoms with Gasteiger partial charge in [-0.3, -0.25) is 9.52 Å². The Morgan fingerprint density at radius 3 is 2.59 bits per heavy atom. The fraction of sp³-hybridized carbons (Fsp3) is 0.462. The van der Waals surface area contributed by atoms with Crippen LogP contribution in [-0.2, 0) is 19.6 Å². The van der Waals surface area contributed by atoms with E-state index in [4.69, 9.17) is 15.2 Å². The van der Waals surface area contributed by atoms with Crippen molar-refractivity contribution in [1.29, 1.82) is 0 Å². The van der Waals surface area contributed by atoms with Gasteiger partial charge in [-0.15, -0.1) is 0 Å². The van der Waals surface area contributed by atoms with Crippen molar-refractivity contribution in [1.82, 2.24) is 0 Å². The molecule has 8 nitrogen and oxygen atoms in total. The molecule has 0 bridgehead atoms. The molecule has 0 heterocycles. The van der Waals surface area contributed by atoms with Crippen LogP contribution in [-0.4, -0.2) is 46.9 Å². The van der Waals surface area contributed by atoms with Crippen LogP contribution in [0.5, 0.6) is 5.75 Å². The van der Waals surface area contributed by atoms with E-state index in [9.17, 15) is 13.2 Å². The molecule has 1 aromatic rings. The second-order valence-corrected chi connectivity index (χ2v) is 6.48. The summed E-state index contributed by atoms with van der Waals surface area (Å²) in [4.78, 5) is 11.8. The van der Waals surface area contributed by atoms with E-state index in [1.807, 2.05) is 0 Å². The maximum Gasteiger partial charge on any atom is 0.243 e. The minimum atomic E-state index is -3.42. The topological polar surface area (TPSA) is 120 Å². The maximum absolute atomic E-state index is 11.8. The molecule has 22 heavy (non-hydrogen) atoms. The Hall–Kier alpha value is -1.84. The number of benzene rings is 1. The molecule has 0 fully saturated rings. The van der Waals surface area contributed by atoms with Gasteiger partial charge < -0.3 is 20.5 Å². The van der Waals surface area contributed by atoms with Crippen LogP contribution in [0.1, 0.15) is 6.92 Å². The summed E-state index contributed by atoms with van der Waals surface area (Å²) in [5.74, 6) is -0.179. The second kappa shape index (κ2) is 7.97. The van der Waals surface area contributed by atoms with Gasteiger partial charge in [-0.1, -0.05) is 0 Å². The summed E-state index contributed by atoms with van der Waals surface area (Å²) in [6.07, 6.45) is 0. The highest BCUT2D eigenvalue weighted by Crippen LogP contribution is 2.28.